The summed E-state index contributed by atoms with van der Waals surface area (Å²) in [4.78, 5) is 12.4. The van der Waals surface area contributed by atoms with Crippen LogP contribution in [-0.4, -0.2) is 13.1 Å². The fourth-order valence-electron chi connectivity index (χ4n) is 2.36. The standard InChI is InChI=1S/C14H8O2S3/c1-16-14(15)10-6-9-11-7(2-4-17-11)8-3-5-18-12(8)13(9)19-10/h2-6H,1H3. The van der Waals surface area contributed by atoms with E-state index in [2.05, 4.69) is 22.9 Å². The Labute approximate surface area is 120 Å². The molecule has 0 aliphatic heterocycles. The number of rotatable bonds is 1. The highest BCUT2D eigenvalue weighted by Crippen LogP contribution is 2.43. The molecule has 0 unspecified atom stereocenters. The zero-order valence-corrected chi connectivity index (χ0v) is 12.4. The molecule has 0 spiro atoms. The van der Waals surface area contributed by atoms with Crippen LogP contribution in [0.4, 0.5) is 0 Å². The van der Waals surface area contributed by atoms with Crippen LogP contribution in [0.25, 0.3) is 30.3 Å². The summed E-state index contributed by atoms with van der Waals surface area (Å²) in [5.74, 6) is -0.254. The minimum absolute atomic E-state index is 0.254. The maximum absolute atomic E-state index is 11.7. The first kappa shape index (κ1) is 11.4. The third-order valence-electron chi connectivity index (χ3n) is 3.19. The Bertz CT molecular complexity index is 859. The highest BCUT2D eigenvalue weighted by Gasteiger charge is 2.17. The molecule has 2 nitrogen and oxygen atoms in total. The summed E-state index contributed by atoms with van der Waals surface area (Å²) in [5, 5.41) is 7.95. The zero-order valence-electron chi connectivity index (χ0n) is 9.93. The molecular formula is C14H8O2S3. The molecule has 1 aromatic carbocycles. The van der Waals surface area contributed by atoms with E-state index in [-0.39, 0.29) is 5.97 Å². The average molecular weight is 304 g/mol. The Hall–Kier alpha value is -1.43. The number of hydrogen-bond acceptors (Lipinski definition) is 5. The molecule has 0 aliphatic carbocycles. The molecule has 4 rings (SSSR count). The van der Waals surface area contributed by atoms with Crippen molar-refractivity contribution in [3.8, 4) is 0 Å². The molecule has 0 fully saturated rings. The minimum Gasteiger partial charge on any atom is -0.465 e. The van der Waals surface area contributed by atoms with E-state index in [4.69, 9.17) is 4.74 Å². The van der Waals surface area contributed by atoms with Crippen molar-refractivity contribution in [1.82, 2.24) is 0 Å². The van der Waals surface area contributed by atoms with Gasteiger partial charge in [-0.2, -0.15) is 0 Å². The Kier molecular flexibility index (Phi) is 2.42. The van der Waals surface area contributed by atoms with Gasteiger partial charge < -0.3 is 4.74 Å². The lowest BCUT2D eigenvalue weighted by Gasteiger charge is -1.96. The molecule has 0 saturated carbocycles. The van der Waals surface area contributed by atoms with Crippen LogP contribution in [0.15, 0.2) is 29.0 Å². The van der Waals surface area contributed by atoms with Crippen LogP contribution in [0, 0.1) is 0 Å². The Morgan fingerprint density at radius 3 is 2.42 bits per heavy atom. The van der Waals surface area contributed by atoms with Crippen LogP contribution in [0.5, 0.6) is 0 Å². The van der Waals surface area contributed by atoms with Crippen LogP contribution in [0.2, 0.25) is 0 Å². The maximum atomic E-state index is 11.7. The fourth-order valence-corrected chi connectivity index (χ4v) is 5.52. The predicted octanol–water partition coefficient (Wildman–Crippen LogP) is 5.12. The van der Waals surface area contributed by atoms with Crippen LogP contribution < -0.4 is 0 Å². The summed E-state index contributed by atoms with van der Waals surface area (Å²) in [5.41, 5.74) is 0. The summed E-state index contributed by atoms with van der Waals surface area (Å²) in [7, 11) is 1.42. The lowest BCUT2D eigenvalue weighted by Crippen LogP contribution is -1.96. The smallest absolute Gasteiger partial charge is 0.348 e. The van der Waals surface area contributed by atoms with Crippen molar-refractivity contribution in [2.75, 3.05) is 7.11 Å². The normalized spacial score (nSPS) is 11.6. The first-order chi connectivity index (χ1) is 9.29. The fraction of sp³-hybridized carbons (Fsp3) is 0.0714. The summed E-state index contributed by atoms with van der Waals surface area (Å²) >= 11 is 4.98. The van der Waals surface area contributed by atoms with Gasteiger partial charge in [0.15, 0.2) is 0 Å². The SMILES string of the molecule is COC(=O)c1cc2c3sccc3c3ccsc3c2s1. The molecule has 4 aromatic rings. The van der Waals surface area contributed by atoms with Gasteiger partial charge in [0, 0.05) is 20.9 Å². The van der Waals surface area contributed by atoms with Crippen molar-refractivity contribution in [3.05, 3.63) is 33.8 Å². The molecule has 0 N–H and O–H groups in total. The molecule has 94 valence electrons. The number of methoxy groups -OCH3 is 1. The quantitative estimate of drug-likeness (QED) is 0.456. The topological polar surface area (TPSA) is 26.3 Å². The summed E-state index contributed by atoms with van der Waals surface area (Å²) in [6, 6.07) is 6.28. The molecular weight excluding hydrogens is 296 g/mol. The first-order valence-electron chi connectivity index (χ1n) is 5.68. The second-order valence-corrected chi connectivity index (χ2v) is 7.06. The van der Waals surface area contributed by atoms with E-state index in [1.165, 1.54) is 48.7 Å². The number of carbonyl (C=O) groups is 1. The third-order valence-corrected chi connectivity index (χ3v) is 6.33. The van der Waals surface area contributed by atoms with Gasteiger partial charge in [0.25, 0.3) is 0 Å². The molecule has 0 amide bonds. The number of ether oxygens (including phenoxy) is 1. The van der Waals surface area contributed by atoms with E-state index in [0.29, 0.717) is 4.88 Å². The molecule has 0 atom stereocenters. The molecule has 0 aliphatic rings. The summed E-state index contributed by atoms with van der Waals surface area (Å²) in [6.07, 6.45) is 0. The van der Waals surface area contributed by atoms with Gasteiger partial charge in [-0.25, -0.2) is 4.79 Å². The zero-order chi connectivity index (χ0) is 13.0. The molecule has 5 heteroatoms. The number of carbonyl (C=O) groups excluding carboxylic acids is 1. The third kappa shape index (κ3) is 1.49. The summed E-state index contributed by atoms with van der Waals surface area (Å²) in [6.45, 7) is 0. The number of hydrogen-bond donors (Lipinski definition) is 0. The number of thiophene rings is 3. The molecule has 3 heterocycles. The lowest BCUT2D eigenvalue weighted by atomic mass is 10.1. The second kappa shape index (κ2) is 4.03. The van der Waals surface area contributed by atoms with Crippen molar-refractivity contribution in [1.29, 1.82) is 0 Å². The van der Waals surface area contributed by atoms with E-state index in [1.54, 1.807) is 22.7 Å². The van der Waals surface area contributed by atoms with E-state index in [0.717, 1.165) is 0 Å². The van der Waals surface area contributed by atoms with Gasteiger partial charge in [-0.05, 0) is 29.0 Å². The predicted molar refractivity (Wildman–Crippen MR) is 83.9 cm³/mol. The van der Waals surface area contributed by atoms with Gasteiger partial charge in [0.2, 0.25) is 0 Å². The number of esters is 1. The van der Waals surface area contributed by atoms with Gasteiger partial charge in [-0.15, -0.1) is 34.0 Å². The van der Waals surface area contributed by atoms with Crippen LogP contribution >= 0.6 is 34.0 Å². The van der Waals surface area contributed by atoms with Crippen molar-refractivity contribution in [2.45, 2.75) is 0 Å². The van der Waals surface area contributed by atoms with Crippen molar-refractivity contribution in [3.63, 3.8) is 0 Å². The average Bonchev–Trinajstić information content (AvgIpc) is 3.12. The van der Waals surface area contributed by atoms with Gasteiger partial charge in [0.05, 0.1) is 16.5 Å². The largest absolute Gasteiger partial charge is 0.465 e. The van der Waals surface area contributed by atoms with Crippen molar-refractivity contribution in [2.24, 2.45) is 0 Å². The lowest BCUT2D eigenvalue weighted by molar-refractivity contribution is 0.0606. The Morgan fingerprint density at radius 1 is 1.00 bits per heavy atom. The first-order valence-corrected chi connectivity index (χ1v) is 8.25. The van der Waals surface area contributed by atoms with Crippen molar-refractivity contribution < 1.29 is 9.53 Å². The second-order valence-electron chi connectivity index (χ2n) is 4.17. The van der Waals surface area contributed by atoms with Crippen molar-refractivity contribution >= 4 is 70.2 Å². The molecule has 0 radical (unpaired) electrons. The van der Waals surface area contributed by atoms with Gasteiger partial charge >= 0.3 is 5.97 Å². The van der Waals surface area contributed by atoms with Gasteiger partial charge in [0.1, 0.15) is 4.88 Å². The van der Waals surface area contributed by atoms with Crippen LogP contribution in [0.1, 0.15) is 9.67 Å². The van der Waals surface area contributed by atoms with E-state index < -0.39 is 0 Å². The van der Waals surface area contributed by atoms with E-state index in [1.807, 2.05) is 6.07 Å². The number of benzene rings is 1. The number of fused-ring (bicyclic) bond motifs is 6. The van der Waals surface area contributed by atoms with Crippen LogP contribution in [-0.2, 0) is 4.74 Å². The Balaban J connectivity index is 2.24. The monoisotopic (exact) mass is 304 g/mol. The van der Waals surface area contributed by atoms with E-state index in [9.17, 15) is 4.79 Å². The Morgan fingerprint density at radius 2 is 1.68 bits per heavy atom. The highest BCUT2D eigenvalue weighted by atomic mass is 32.1. The van der Waals surface area contributed by atoms with Gasteiger partial charge in [-0.1, -0.05) is 0 Å². The van der Waals surface area contributed by atoms with E-state index >= 15 is 0 Å². The molecule has 0 bridgehead atoms. The summed E-state index contributed by atoms with van der Waals surface area (Å²) < 4.78 is 8.55. The molecule has 3 aromatic heterocycles. The molecule has 19 heavy (non-hydrogen) atoms. The molecule has 0 saturated heterocycles. The minimum atomic E-state index is -0.254. The van der Waals surface area contributed by atoms with Crippen LogP contribution in [0.3, 0.4) is 0 Å². The maximum Gasteiger partial charge on any atom is 0.348 e. The highest BCUT2D eigenvalue weighted by molar-refractivity contribution is 7.28. The van der Waals surface area contributed by atoms with Gasteiger partial charge in [-0.3, -0.25) is 0 Å².